The van der Waals surface area contributed by atoms with Crippen molar-refractivity contribution in [2.75, 3.05) is 0 Å². The molecule has 1 fully saturated rings. The van der Waals surface area contributed by atoms with E-state index in [9.17, 15) is 9.59 Å². The lowest BCUT2D eigenvalue weighted by atomic mass is 9.92. The molecule has 2 aromatic rings. The second kappa shape index (κ2) is 7.37. The first-order chi connectivity index (χ1) is 12.3. The van der Waals surface area contributed by atoms with E-state index in [0.29, 0.717) is 23.1 Å². The minimum absolute atomic E-state index is 0.177. The molecule has 0 aliphatic carbocycles. The summed E-state index contributed by atoms with van der Waals surface area (Å²) in [6, 6.07) is 7.09. The topological polar surface area (TPSA) is 62.3 Å². The summed E-state index contributed by atoms with van der Waals surface area (Å²) in [6.07, 6.45) is 1.52. The highest BCUT2D eigenvalue weighted by Gasteiger charge is 2.47. The first kappa shape index (κ1) is 18.9. The van der Waals surface area contributed by atoms with Gasteiger partial charge in [-0.2, -0.15) is 0 Å². The molecule has 1 aliphatic rings. The fourth-order valence-corrected chi connectivity index (χ4v) is 3.85. The molecule has 1 saturated heterocycles. The van der Waals surface area contributed by atoms with E-state index in [2.05, 4.69) is 24.1 Å². The molecule has 3 amide bonds. The van der Waals surface area contributed by atoms with Crippen molar-refractivity contribution in [2.45, 2.75) is 45.7 Å². The lowest BCUT2D eigenvalue weighted by molar-refractivity contribution is -0.131. The Morgan fingerprint density at radius 2 is 1.96 bits per heavy atom. The SMILES string of the molecule is CC(C)CC[C@]1(C)NC(=O)N(Cc2csc(-c3ccc(Cl)cc3)n2)C1=O. The first-order valence-corrected chi connectivity index (χ1v) is 9.89. The third-order valence-corrected chi connectivity index (χ3v) is 5.72. The van der Waals surface area contributed by atoms with Crippen LogP contribution in [0.5, 0.6) is 0 Å². The van der Waals surface area contributed by atoms with Gasteiger partial charge in [0.05, 0.1) is 12.2 Å². The number of urea groups is 1. The Balaban J connectivity index is 1.72. The lowest BCUT2D eigenvalue weighted by Crippen LogP contribution is -2.44. The van der Waals surface area contributed by atoms with E-state index < -0.39 is 5.54 Å². The molecule has 1 atom stereocenters. The Morgan fingerprint density at radius 1 is 1.27 bits per heavy atom. The summed E-state index contributed by atoms with van der Waals surface area (Å²) in [7, 11) is 0. The van der Waals surface area contributed by atoms with Gasteiger partial charge >= 0.3 is 6.03 Å². The van der Waals surface area contributed by atoms with E-state index in [0.717, 1.165) is 17.0 Å². The van der Waals surface area contributed by atoms with Crippen LogP contribution in [0.3, 0.4) is 0 Å². The fraction of sp³-hybridized carbons (Fsp3) is 0.421. The number of nitrogens with zero attached hydrogens (tertiary/aromatic N) is 2. The number of carbonyl (C=O) groups excluding carboxylic acids is 2. The second-order valence-electron chi connectivity index (χ2n) is 7.24. The van der Waals surface area contributed by atoms with Crippen molar-refractivity contribution < 1.29 is 9.59 Å². The molecule has 1 aromatic carbocycles. The van der Waals surface area contributed by atoms with E-state index in [1.165, 1.54) is 16.2 Å². The summed E-state index contributed by atoms with van der Waals surface area (Å²) < 4.78 is 0. The average molecular weight is 392 g/mol. The van der Waals surface area contributed by atoms with E-state index in [4.69, 9.17) is 11.6 Å². The third kappa shape index (κ3) is 3.91. The molecular formula is C19H22ClN3O2S. The molecule has 3 rings (SSSR count). The number of benzene rings is 1. The monoisotopic (exact) mass is 391 g/mol. The number of hydrogen-bond acceptors (Lipinski definition) is 4. The molecule has 0 bridgehead atoms. The van der Waals surface area contributed by atoms with Gasteiger partial charge in [-0.05, 0) is 37.8 Å². The van der Waals surface area contributed by atoms with Crippen molar-refractivity contribution in [1.82, 2.24) is 15.2 Å². The van der Waals surface area contributed by atoms with Gasteiger partial charge in [0.15, 0.2) is 0 Å². The van der Waals surface area contributed by atoms with Crippen molar-refractivity contribution in [3.63, 3.8) is 0 Å². The van der Waals surface area contributed by atoms with Crippen LogP contribution in [0.25, 0.3) is 10.6 Å². The molecule has 2 heterocycles. The number of amides is 3. The summed E-state index contributed by atoms with van der Waals surface area (Å²) in [5.41, 5.74) is 0.845. The molecule has 1 aromatic heterocycles. The number of halogens is 1. The van der Waals surface area contributed by atoms with Gasteiger partial charge in [0.25, 0.3) is 5.91 Å². The number of nitrogens with one attached hydrogen (secondary N) is 1. The molecule has 0 radical (unpaired) electrons. The summed E-state index contributed by atoms with van der Waals surface area (Å²) in [6.45, 7) is 6.20. The first-order valence-electron chi connectivity index (χ1n) is 8.63. The molecule has 1 N–H and O–H groups in total. The van der Waals surface area contributed by atoms with Crippen LogP contribution in [-0.2, 0) is 11.3 Å². The number of carbonyl (C=O) groups is 2. The molecule has 7 heteroatoms. The highest BCUT2D eigenvalue weighted by Crippen LogP contribution is 2.28. The molecule has 26 heavy (non-hydrogen) atoms. The van der Waals surface area contributed by atoms with Gasteiger partial charge in [0, 0.05) is 16.0 Å². The van der Waals surface area contributed by atoms with E-state index in [-0.39, 0.29) is 18.5 Å². The molecule has 5 nitrogen and oxygen atoms in total. The van der Waals surface area contributed by atoms with Crippen molar-refractivity contribution in [3.05, 3.63) is 40.4 Å². The Kier molecular flexibility index (Phi) is 5.34. The number of aromatic nitrogens is 1. The maximum atomic E-state index is 12.8. The van der Waals surface area contributed by atoms with E-state index >= 15 is 0 Å². The Hall–Kier alpha value is -1.92. The average Bonchev–Trinajstić information content (AvgIpc) is 3.13. The highest BCUT2D eigenvalue weighted by atomic mass is 35.5. The van der Waals surface area contributed by atoms with Gasteiger partial charge in [-0.1, -0.05) is 37.6 Å². The third-order valence-electron chi connectivity index (χ3n) is 4.53. The molecular weight excluding hydrogens is 370 g/mol. The van der Waals surface area contributed by atoms with Gasteiger partial charge in [0.1, 0.15) is 10.5 Å². The maximum absolute atomic E-state index is 12.8. The molecule has 0 spiro atoms. The van der Waals surface area contributed by atoms with Crippen molar-refractivity contribution >= 4 is 34.9 Å². The van der Waals surface area contributed by atoms with Crippen LogP contribution in [0, 0.1) is 5.92 Å². The van der Waals surface area contributed by atoms with Gasteiger partial charge in [-0.15, -0.1) is 11.3 Å². The van der Waals surface area contributed by atoms with Crippen molar-refractivity contribution in [2.24, 2.45) is 5.92 Å². The molecule has 0 saturated carbocycles. The van der Waals surface area contributed by atoms with Crippen LogP contribution < -0.4 is 5.32 Å². The zero-order chi connectivity index (χ0) is 18.9. The number of rotatable bonds is 6. The van der Waals surface area contributed by atoms with Crippen LogP contribution in [0.2, 0.25) is 5.02 Å². The van der Waals surface area contributed by atoms with Crippen molar-refractivity contribution in [1.29, 1.82) is 0 Å². The van der Waals surface area contributed by atoms with Gasteiger partial charge in [0.2, 0.25) is 0 Å². The Morgan fingerprint density at radius 3 is 2.62 bits per heavy atom. The van der Waals surface area contributed by atoms with E-state index in [1.54, 1.807) is 6.92 Å². The quantitative estimate of drug-likeness (QED) is 0.725. The molecule has 138 valence electrons. The van der Waals surface area contributed by atoms with Gasteiger partial charge in [-0.25, -0.2) is 9.78 Å². The zero-order valence-electron chi connectivity index (χ0n) is 15.1. The number of imide groups is 1. The van der Waals surface area contributed by atoms with Crippen LogP contribution in [0.15, 0.2) is 29.6 Å². The fourth-order valence-electron chi connectivity index (χ4n) is 2.90. The largest absolute Gasteiger partial charge is 0.325 e. The Labute approximate surface area is 162 Å². The summed E-state index contributed by atoms with van der Waals surface area (Å²) >= 11 is 7.40. The molecule has 0 unspecified atom stereocenters. The predicted molar refractivity (Wildman–Crippen MR) is 104 cm³/mol. The van der Waals surface area contributed by atoms with Gasteiger partial charge < -0.3 is 5.32 Å². The predicted octanol–water partition coefficient (Wildman–Crippen LogP) is 4.71. The van der Waals surface area contributed by atoms with Crippen LogP contribution in [-0.4, -0.2) is 27.4 Å². The number of hydrogen-bond donors (Lipinski definition) is 1. The second-order valence-corrected chi connectivity index (χ2v) is 8.53. The van der Waals surface area contributed by atoms with Crippen LogP contribution in [0.1, 0.15) is 39.3 Å². The lowest BCUT2D eigenvalue weighted by Gasteiger charge is -2.22. The summed E-state index contributed by atoms with van der Waals surface area (Å²) in [5, 5.41) is 6.24. The Bertz CT molecular complexity index is 818. The number of thiazole rings is 1. The maximum Gasteiger partial charge on any atom is 0.325 e. The standard InChI is InChI=1S/C19H22ClN3O2S/c1-12(2)8-9-19(3)17(24)23(18(25)22-19)10-15-11-26-16(21-15)13-4-6-14(20)7-5-13/h4-7,11-12H,8-10H2,1-3H3,(H,22,25)/t19-/m0/s1. The minimum atomic E-state index is -0.823. The van der Waals surface area contributed by atoms with Crippen LogP contribution >= 0.6 is 22.9 Å². The van der Waals surface area contributed by atoms with Gasteiger partial charge in [-0.3, -0.25) is 9.69 Å². The molecule has 1 aliphatic heterocycles. The highest BCUT2D eigenvalue weighted by molar-refractivity contribution is 7.13. The minimum Gasteiger partial charge on any atom is -0.323 e. The van der Waals surface area contributed by atoms with Crippen molar-refractivity contribution in [3.8, 4) is 10.6 Å². The smallest absolute Gasteiger partial charge is 0.323 e. The summed E-state index contributed by atoms with van der Waals surface area (Å²) in [5.74, 6) is 0.301. The van der Waals surface area contributed by atoms with Crippen LogP contribution in [0.4, 0.5) is 4.79 Å². The van der Waals surface area contributed by atoms with E-state index in [1.807, 2.05) is 29.6 Å². The normalized spacial score (nSPS) is 20.1. The summed E-state index contributed by atoms with van der Waals surface area (Å²) in [4.78, 5) is 30.9. The zero-order valence-corrected chi connectivity index (χ0v) is 16.7.